The Morgan fingerprint density at radius 3 is 2.76 bits per heavy atom. The standard InChI is InChI=1S/C12H15NO3S/c1-17-10-5-2-4-9(8-10)13-11(14)6-3-7-12(15)16/h2,4-5,8H,3,6-7H2,1H3,(H,13,14)(H,15,16)/p-1. The van der Waals surface area contributed by atoms with Crippen LogP contribution in [-0.2, 0) is 9.59 Å². The van der Waals surface area contributed by atoms with Crippen molar-refractivity contribution in [3.63, 3.8) is 0 Å². The monoisotopic (exact) mass is 252 g/mol. The van der Waals surface area contributed by atoms with Crippen molar-refractivity contribution in [2.75, 3.05) is 11.6 Å². The van der Waals surface area contributed by atoms with Gasteiger partial charge in [-0.3, -0.25) is 4.79 Å². The van der Waals surface area contributed by atoms with E-state index >= 15 is 0 Å². The molecule has 0 spiro atoms. The zero-order valence-corrected chi connectivity index (χ0v) is 10.4. The molecule has 0 aliphatic carbocycles. The molecule has 0 atom stereocenters. The Morgan fingerprint density at radius 2 is 2.12 bits per heavy atom. The third-order valence-electron chi connectivity index (χ3n) is 2.14. The number of benzene rings is 1. The fourth-order valence-corrected chi connectivity index (χ4v) is 1.78. The Kier molecular flexibility index (Phi) is 5.56. The molecule has 0 saturated heterocycles. The molecule has 1 rings (SSSR count). The largest absolute Gasteiger partial charge is 0.550 e. The van der Waals surface area contributed by atoms with Gasteiger partial charge in [0.2, 0.25) is 5.91 Å². The third-order valence-corrected chi connectivity index (χ3v) is 2.86. The van der Waals surface area contributed by atoms with Gasteiger partial charge in [0.1, 0.15) is 0 Å². The molecule has 4 nitrogen and oxygen atoms in total. The smallest absolute Gasteiger partial charge is 0.224 e. The van der Waals surface area contributed by atoms with E-state index in [9.17, 15) is 14.7 Å². The van der Waals surface area contributed by atoms with E-state index < -0.39 is 5.97 Å². The molecule has 0 fully saturated rings. The number of anilines is 1. The van der Waals surface area contributed by atoms with E-state index in [0.29, 0.717) is 6.42 Å². The lowest BCUT2D eigenvalue weighted by Gasteiger charge is -2.06. The van der Waals surface area contributed by atoms with Crippen LogP contribution in [0.2, 0.25) is 0 Å². The number of hydrogen-bond acceptors (Lipinski definition) is 4. The van der Waals surface area contributed by atoms with Gasteiger partial charge in [0.25, 0.3) is 0 Å². The lowest BCUT2D eigenvalue weighted by atomic mass is 10.2. The molecule has 1 amide bonds. The number of rotatable bonds is 6. The Bertz CT molecular complexity index is 406. The van der Waals surface area contributed by atoms with Crippen molar-refractivity contribution < 1.29 is 14.7 Å². The average Bonchev–Trinajstić information content (AvgIpc) is 2.28. The predicted molar refractivity (Wildman–Crippen MR) is 65.7 cm³/mol. The van der Waals surface area contributed by atoms with E-state index in [0.717, 1.165) is 10.6 Å². The summed E-state index contributed by atoms with van der Waals surface area (Å²) in [6.45, 7) is 0. The summed E-state index contributed by atoms with van der Waals surface area (Å²) in [6, 6.07) is 7.50. The maximum absolute atomic E-state index is 11.5. The second-order valence-corrected chi connectivity index (χ2v) is 4.39. The summed E-state index contributed by atoms with van der Waals surface area (Å²) in [6.07, 6.45) is 2.37. The first-order valence-electron chi connectivity index (χ1n) is 5.25. The second kappa shape index (κ2) is 6.96. The Hall–Kier alpha value is -1.49. The van der Waals surface area contributed by atoms with Gasteiger partial charge in [0.05, 0.1) is 0 Å². The highest BCUT2D eigenvalue weighted by Crippen LogP contribution is 2.19. The van der Waals surface area contributed by atoms with E-state index in [1.807, 2.05) is 24.5 Å². The summed E-state index contributed by atoms with van der Waals surface area (Å²) in [5.41, 5.74) is 0.732. The summed E-state index contributed by atoms with van der Waals surface area (Å²) in [4.78, 5) is 22.7. The summed E-state index contributed by atoms with van der Waals surface area (Å²) in [5.74, 6) is -1.30. The topological polar surface area (TPSA) is 69.2 Å². The second-order valence-electron chi connectivity index (χ2n) is 3.51. The third kappa shape index (κ3) is 5.40. The molecule has 0 aromatic heterocycles. The highest BCUT2D eigenvalue weighted by atomic mass is 32.2. The number of carbonyl (C=O) groups excluding carboxylic acids is 2. The molecule has 0 aliphatic rings. The highest BCUT2D eigenvalue weighted by molar-refractivity contribution is 7.98. The van der Waals surface area contributed by atoms with Crippen LogP contribution in [0.15, 0.2) is 29.2 Å². The van der Waals surface area contributed by atoms with Gasteiger partial charge in [0.15, 0.2) is 0 Å². The van der Waals surface area contributed by atoms with Crippen LogP contribution < -0.4 is 10.4 Å². The number of carboxylic acids is 1. The molecule has 1 N–H and O–H groups in total. The summed E-state index contributed by atoms with van der Waals surface area (Å²) in [5, 5.41) is 12.9. The number of carbonyl (C=O) groups is 2. The van der Waals surface area contributed by atoms with Gasteiger partial charge in [-0.2, -0.15) is 0 Å². The molecule has 1 aromatic carbocycles. The normalized spacial score (nSPS) is 9.94. The maximum atomic E-state index is 11.5. The zero-order valence-electron chi connectivity index (χ0n) is 9.56. The van der Waals surface area contributed by atoms with E-state index in [1.165, 1.54) is 0 Å². The van der Waals surface area contributed by atoms with Crippen LogP contribution in [-0.4, -0.2) is 18.1 Å². The lowest BCUT2D eigenvalue weighted by Crippen LogP contribution is -2.22. The van der Waals surface area contributed by atoms with Crippen LogP contribution in [0.5, 0.6) is 0 Å². The number of thioether (sulfide) groups is 1. The van der Waals surface area contributed by atoms with Crippen LogP contribution in [0.1, 0.15) is 19.3 Å². The predicted octanol–water partition coefficient (Wildman–Crippen LogP) is 1.27. The number of aliphatic carboxylic acids is 1. The minimum absolute atomic E-state index is 0.0850. The van der Waals surface area contributed by atoms with Crippen molar-refractivity contribution in [3.05, 3.63) is 24.3 Å². The minimum Gasteiger partial charge on any atom is -0.550 e. The average molecular weight is 252 g/mol. The molecule has 17 heavy (non-hydrogen) atoms. The van der Waals surface area contributed by atoms with Gasteiger partial charge >= 0.3 is 0 Å². The molecular weight excluding hydrogens is 238 g/mol. The maximum Gasteiger partial charge on any atom is 0.224 e. The van der Waals surface area contributed by atoms with Gasteiger partial charge in [-0.15, -0.1) is 11.8 Å². The number of hydrogen-bond donors (Lipinski definition) is 1. The molecular formula is C12H14NO3S-. The quantitative estimate of drug-likeness (QED) is 0.774. The first kappa shape index (κ1) is 13.6. The van der Waals surface area contributed by atoms with Crippen LogP contribution in [0, 0.1) is 0 Å². The minimum atomic E-state index is -1.12. The van der Waals surface area contributed by atoms with E-state index in [2.05, 4.69) is 5.32 Å². The zero-order chi connectivity index (χ0) is 12.7. The Balaban J connectivity index is 2.42. The van der Waals surface area contributed by atoms with Crippen LogP contribution in [0.4, 0.5) is 5.69 Å². The lowest BCUT2D eigenvalue weighted by molar-refractivity contribution is -0.305. The molecule has 0 bridgehead atoms. The summed E-state index contributed by atoms with van der Waals surface area (Å²) < 4.78 is 0. The van der Waals surface area contributed by atoms with Crippen molar-refractivity contribution in [1.82, 2.24) is 0 Å². The summed E-state index contributed by atoms with van der Waals surface area (Å²) in [7, 11) is 0. The van der Waals surface area contributed by atoms with Gasteiger partial charge in [-0.25, -0.2) is 0 Å². The van der Waals surface area contributed by atoms with Crippen molar-refractivity contribution in [2.24, 2.45) is 0 Å². The Labute approximate surface area is 104 Å². The first-order valence-corrected chi connectivity index (χ1v) is 6.48. The van der Waals surface area contributed by atoms with Gasteiger partial charge in [-0.1, -0.05) is 6.07 Å². The molecule has 5 heteroatoms. The van der Waals surface area contributed by atoms with Crippen molar-refractivity contribution in [2.45, 2.75) is 24.2 Å². The van der Waals surface area contributed by atoms with Gasteiger partial charge in [-0.05, 0) is 37.3 Å². The van der Waals surface area contributed by atoms with Crippen molar-refractivity contribution >= 4 is 29.3 Å². The Morgan fingerprint density at radius 1 is 1.35 bits per heavy atom. The molecule has 0 radical (unpaired) electrons. The number of carboxylic acid groups (broad SMARTS) is 1. The van der Waals surface area contributed by atoms with Gasteiger partial charge in [0, 0.05) is 23.0 Å². The molecule has 0 aliphatic heterocycles. The molecule has 0 unspecified atom stereocenters. The van der Waals surface area contributed by atoms with Crippen LogP contribution >= 0.6 is 11.8 Å². The van der Waals surface area contributed by atoms with Crippen molar-refractivity contribution in [1.29, 1.82) is 0 Å². The molecule has 0 saturated carbocycles. The van der Waals surface area contributed by atoms with Gasteiger partial charge < -0.3 is 15.2 Å². The number of amides is 1. The molecule has 1 aromatic rings. The fraction of sp³-hybridized carbons (Fsp3) is 0.333. The molecule has 0 heterocycles. The molecule has 92 valence electrons. The van der Waals surface area contributed by atoms with E-state index in [-0.39, 0.29) is 18.7 Å². The number of nitrogens with one attached hydrogen (secondary N) is 1. The first-order chi connectivity index (χ1) is 8.11. The SMILES string of the molecule is CSc1cccc(NC(=O)CCCC(=O)[O-])c1. The van der Waals surface area contributed by atoms with Crippen LogP contribution in [0.3, 0.4) is 0 Å². The highest BCUT2D eigenvalue weighted by Gasteiger charge is 2.02. The fourth-order valence-electron chi connectivity index (χ4n) is 1.32. The van der Waals surface area contributed by atoms with Crippen molar-refractivity contribution in [3.8, 4) is 0 Å². The van der Waals surface area contributed by atoms with E-state index in [1.54, 1.807) is 17.8 Å². The van der Waals surface area contributed by atoms with Crippen LogP contribution in [0.25, 0.3) is 0 Å². The summed E-state index contributed by atoms with van der Waals surface area (Å²) >= 11 is 1.59. The van der Waals surface area contributed by atoms with E-state index in [4.69, 9.17) is 0 Å².